The van der Waals surface area contributed by atoms with Crippen LogP contribution in [0.1, 0.15) is 18.4 Å². The summed E-state index contributed by atoms with van der Waals surface area (Å²) in [5.74, 6) is 0. The molecule has 0 spiro atoms. The summed E-state index contributed by atoms with van der Waals surface area (Å²) < 4.78 is 1.96. The van der Waals surface area contributed by atoms with E-state index in [0.29, 0.717) is 10.0 Å². The van der Waals surface area contributed by atoms with Crippen LogP contribution in [-0.4, -0.2) is 52.6 Å². The van der Waals surface area contributed by atoms with E-state index in [1.807, 2.05) is 35.0 Å². The number of halogens is 2. The third kappa shape index (κ3) is 4.97. The van der Waals surface area contributed by atoms with Crippen LogP contribution in [-0.2, 0) is 6.54 Å². The molecule has 2 heterocycles. The van der Waals surface area contributed by atoms with Crippen LogP contribution in [0, 0.1) is 6.92 Å². The van der Waals surface area contributed by atoms with Crippen molar-refractivity contribution in [1.29, 1.82) is 0 Å². The van der Waals surface area contributed by atoms with Gasteiger partial charge in [0, 0.05) is 38.3 Å². The van der Waals surface area contributed by atoms with E-state index in [4.69, 9.17) is 23.2 Å². The molecular weight excluding hydrogens is 417 g/mol. The third-order valence-electron chi connectivity index (χ3n) is 5.72. The van der Waals surface area contributed by atoms with Gasteiger partial charge in [0.1, 0.15) is 5.69 Å². The van der Waals surface area contributed by atoms with Gasteiger partial charge in [-0.2, -0.15) is 0 Å². The van der Waals surface area contributed by atoms with Crippen molar-refractivity contribution in [3.63, 3.8) is 0 Å². The molecule has 0 amide bonds. The van der Waals surface area contributed by atoms with Gasteiger partial charge in [0.15, 0.2) is 0 Å². The molecule has 1 aliphatic heterocycles. The van der Waals surface area contributed by atoms with Crippen molar-refractivity contribution in [2.45, 2.75) is 26.3 Å². The van der Waals surface area contributed by atoms with Crippen LogP contribution in [0.4, 0.5) is 5.69 Å². The zero-order valence-corrected chi connectivity index (χ0v) is 18.8. The monoisotopic (exact) mass is 443 g/mol. The zero-order valence-electron chi connectivity index (χ0n) is 17.3. The summed E-state index contributed by atoms with van der Waals surface area (Å²) in [6.45, 7) is 8.15. The normalized spacial score (nSPS) is 15.0. The van der Waals surface area contributed by atoms with Crippen molar-refractivity contribution in [2.24, 2.45) is 0 Å². The van der Waals surface area contributed by atoms with E-state index in [1.54, 1.807) is 0 Å². The second-order valence-corrected chi connectivity index (χ2v) is 8.58. The average molecular weight is 444 g/mol. The van der Waals surface area contributed by atoms with E-state index in [1.165, 1.54) is 5.56 Å². The van der Waals surface area contributed by atoms with E-state index in [-0.39, 0.29) is 0 Å². The quantitative estimate of drug-likeness (QED) is 0.472. The number of aryl methyl sites for hydroxylation is 2. The molecule has 0 unspecified atom stereocenters. The Morgan fingerprint density at radius 3 is 2.47 bits per heavy atom. The molecule has 0 bridgehead atoms. The van der Waals surface area contributed by atoms with Crippen LogP contribution in [0.5, 0.6) is 0 Å². The number of benzene rings is 2. The first-order chi connectivity index (χ1) is 14.6. The Balaban J connectivity index is 1.20. The SMILES string of the molecule is Cc1ccccc1-c1cn(CCCCN2CCN(c3cccc(Cl)c3Cl)CC2)nn1. The summed E-state index contributed by atoms with van der Waals surface area (Å²) in [5, 5.41) is 9.92. The lowest BCUT2D eigenvalue weighted by Crippen LogP contribution is -2.46. The molecular formula is C23H27Cl2N5. The number of piperazine rings is 1. The molecule has 4 rings (SSSR count). The van der Waals surface area contributed by atoms with Gasteiger partial charge in [0.25, 0.3) is 0 Å². The molecule has 1 aliphatic rings. The average Bonchev–Trinajstić information content (AvgIpc) is 3.23. The summed E-state index contributed by atoms with van der Waals surface area (Å²) in [6, 6.07) is 14.1. The molecule has 158 valence electrons. The summed E-state index contributed by atoms with van der Waals surface area (Å²) in [5.41, 5.74) is 4.37. The van der Waals surface area contributed by atoms with Gasteiger partial charge in [-0.3, -0.25) is 9.58 Å². The maximum absolute atomic E-state index is 6.37. The van der Waals surface area contributed by atoms with E-state index in [2.05, 4.69) is 45.4 Å². The summed E-state index contributed by atoms with van der Waals surface area (Å²) in [4.78, 5) is 4.85. The standard InChI is InChI=1S/C23H27Cl2N5/c1-18-7-2-3-8-19(18)21-17-30(27-26-21)12-5-4-11-28-13-15-29(16-14-28)22-10-6-9-20(24)23(22)25/h2-3,6-10,17H,4-5,11-16H2,1H3. The topological polar surface area (TPSA) is 37.2 Å². The predicted octanol–water partition coefficient (Wildman–Crippen LogP) is 5.16. The molecule has 0 saturated carbocycles. The highest BCUT2D eigenvalue weighted by molar-refractivity contribution is 6.43. The number of hydrogen-bond donors (Lipinski definition) is 0. The number of anilines is 1. The van der Waals surface area contributed by atoms with Crippen LogP contribution in [0.15, 0.2) is 48.7 Å². The van der Waals surface area contributed by atoms with Gasteiger partial charge >= 0.3 is 0 Å². The lowest BCUT2D eigenvalue weighted by atomic mass is 10.1. The lowest BCUT2D eigenvalue weighted by molar-refractivity contribution is 0.250. The van der Waals surface area contributed by atoms with Gasteiger partial charge in [0.05, 0.1) is 21.9 Å². The van der Waals surface area contributed by atoms with Crippen LogP contribution < -0.4 is 4.90 Å². The second-order valence-electron chi connectivity index (χ2n) is 7.79. The second kappa shape index (κ2) is 9.82. The van der Waals surface area contributed by atoms with Crippen LogP contribution in [0.25, 0.3) is 11.3 Å². The molecule has 7 heteroatoms. The highest BCUT2D eigenvalue weighted by Gasteiger charge is 2.19. The number of unbranched alkanes of at least 4 members (excludes halogenated alkanes) is 1. The first-order valence-electron chi connectivity index (χ1n) is 10.5. The Kier molecular flexibility index (Phi) is 6.93. The Labute approximate surface area is 188 Å². The number of hydrogen-bond acceptors (Lipinski definition) is 4. The number of aromatic nitrogens is 3. The zero-order chi connectivity index (χ0) is 20.9. The molecule has 2 aromatic carbocycles. The fourth-order valence-corrected chi connectivity index (χ4v) is 4.36. The first kappa shape index (κ1) is 21.2. The van der Waals surface area contributed by atoms with Gasteiger partial charge in [-0.25, -0.2) is 0 Å². The van der Waals surface area contributed by atoms with Crippen LogP contribution in [0.3, 0.4) is 0 Å². The highest BCUT2D eigenvalue weighted by atomic mass is 35.5. The Morgan fingerprint density at radius 2 is 1.67 bits per heavy atom. The molecule has 0 N–H and O–H groups in total. The fraction of sp³-hybridized carbons (Fsp3) is 0.391. The van der Waals surface area contributed by atoms with Gasteiger partial charge in [0.2, 0.25) is 0 Å². The van der Waals surface area contributed by atoms with E-state index in [9.17, 15) is 0 Å². The molecule has 0 radical (unpaired) electrons. The largest absolute Gasteiger partial charge is 0.368 e. The van der Waals surface area contributed by atoms with Crippen LogP contribution >= 0.6 is 23.2 Å². The molecule has 30 heavy (non-hydrogen) atoms. The first-order valence-corrected chi connectivity index (χ1v) is 11.2. The number of rotatable bonds is 7. The van der Waals surface area contributed by atoms with Gasteiger partial charge < -0.3 is 4.90 Å². The van der Waals surface area contributed by atoms with Crippen molar-refractivity contribution >= 4 is 28.9 Å². The maximum Gasteiger partial charge on any atom is 0.113 e. The molecule has 1 fully saturated rings. The van der Waals surface area contributed by atoms with Crippen LogP contribution in [0.2, 0.25) is 10.0 Å². The van der Waals surface area contributed by atoms with E-state index < -0.39 is 0 Å². The van der Waals surface area contributed by atoms with Crippen molar-refractivity contribution in [3.8, 4) is 11.3 Å². The minimum Gasteiger partial charge on any atom is -0.368 e. The summed E-state index contributed by atoms with van der Waals surface area (Å²) in [6.07, 6.45) is 4.30. The van der Waals surface area contributed by atoms with E-state index in [0.717, 1.165) is 69.1 Å². The third-order valence-corrected chi connectivity index (χ3v) is 6.52. The summed E-state index contributed by atoms with van der Waals surface area (Å²) in [7, 11) is 0. The molecule has 5 nitrogen and oxygen atoms in total. The predicted molar refractivity (Wildman–Crippen MR) is 125 cm³/mol. The Bertz CT molecular complexity index is 979. The molecule has 1 aromatic heterocycles. The van der Waals surface area contributed by atoms with Crippen molar-refractivity contribution in [3.05, 3.63) is 64.3 Å². The molecule has 0 atom stereocenters. The Hall–Kier alpha value is -2.08. The fourth-order valence-electron chi connectivity index (χ4n) is 3.95. The number of nitrogens with zero attached hydrogens (tertiary/aromatic N) is 5. The van der Waals surface area contributed by atoms with Crippen molar-refractivity contribution < 1.29 is 0 Å². The van der Waals surface area contributed by atoms with Gasteiger partial charge in [-0.1, -0.05) is 58.7 Å². The highest BCUT2D eigenvalue weighted by Crippen LogP contribution is 2.32. The Morgan fingerprint density at radius 1 is 0.900 bits per heavy atom. The smallest absolute Gasteiger partial charge is 0.113 e. The molecule has 3 aromatic rings. The maximum atomic E-state index is 6.37. The van der Waals surface area contributed by atoms with E-state index >= 15 is 0 Å². The molecule has 1 saturated heterocycles. The lowest BCUT2D eigenvalue weighted by Gasteiger charge is -2.36. The molecule has 0 aliphatic carbocycles. The van der Waals surface area contributed by atoms with Crippen molar-refractivity contribution in [1.82, 2.24) is 19.9 Å². The summed E-state index contributed by atoms with van der Waals surface area (Å²) >= 11 is 12.5. The van der Waals surface area contributed by atoms with Gasteiger partial charge in [-0.05, 0) is 44.0 Å². The minimum absolute atomic E-state index is 0.621. The minimum atomic E-state index is 0.621. The van der Waals surface area contributed by atoms with Crippen molar-refractivity contribution in [2.75, 3.05) is 37.6 Å². The van der Waals surface area contributed by atoms with Gasteiger partial charge in [-0.15, -0.1) is 5.10 Å².